The van der Waals surface area contributed by atoms with E-state index < -0.39 is 10.1 Å². The van der Waals surface area contributed by atoms with Gasteiger partial charge in [-0.05, 0) is 37.6 Å². The van der Waals surface area contributed by atoms with Crippen molar-refractivity contribution in [3.8, 4) is 22.9 Å². The van der Waals surface area contributed by atoms with Crippen LogP contribution in [0.15, 0.2) is 65.7 Å². The summed E-state index contributed by atoms with van der Waals surface area (Å²) in [5, 5.41) is 9.23. The molecule has 0 aliphatic carbocycles. The summed E-state index contributed by atoms with van der Waals surface area (Å²) < 4.78 is 30.3. The second kappa shape index (κ2) is 6.98. The van der Waals surface area contributed by atoms with Gasteiger partial charge in [0, 0.05) is 11.8 Å². The van der Waals surface area contributed by atoms with Crippen molar-refractivity contribution in [2.24, 2.45) is 0 Å². The van der Waals surface area contributed by atoms with Crippen LogP contribution in [0.1, 0.15) is 16.8 Å². The highest BCUT2D eigenvalue weighted by Crippen LogP contribution is 2.28. The summed E-state index contributed by atoms with van der Waals surface area (Å²) in [4.78, 5) is 4.06. The van der Waals surface area contributed by atoms with Crippen LogP contribution in [0.3, 0.4) is 0 Å². The Labute approximate surface area is 152 Å². The molecule has 0 saturated heterocycles. The van der Waals surface area contributed by atoms with E-state index in [4.69, 9.17) is 4.18 Å². The molecule has 3 rings (SSSR count). The van der Waals surface area contributed by atoms with Gasteiger partial charge in [0.05, 0.1) is 0 Å². The zero-order valence-electron chi connectivity index (χ0n) is 14.3. The van der Waals surface area contributed by atoms with Crippen molar-refractivity contribution >= 4 is 10.1 Å². The molecule has 1 aromatic heterocycles. The van der Waals surface area contributed by atoms with Gasteiger partial charge >= 0.3 is 10.1 Å². The Morgan fingerprint density at radius 1 is 0.923 bits per heavy atom. The van der Waals surface area contributed by atoms with Gasteiger partial charge in [-0.1, -0.05) is 47.5 Å². The van der Waals surface area contributed by atoms with Gasteiger partial charge in [0.2, 0.25) is 0 Å². The number of rotatable bonds is 4. The molecule has 0 radical (unpaired) electrons. The van der Waals surface area contributed by atoms with Gasteiger partial charge in [0.25, 0.3) is 0 Å². The van der Waals surface area contributed by atoms with Gasteiger partial charge in [-0.15, -0.1) is 0 Å². The molecule has 3 aromatic rings. The molecule has 6 heteroatoms. The van der Waals surface area contributed by atoms with E-state index in [-0.39, 0.29) is 16.3 Å². The lowest BCUT2D eigenvalue weighted by molar-refractivity contribution is 0.484. The number of aryl methyl sites for hydroxylation is 2. The molecule has 0 N–H and O–H groups in total. The van der Waals surface area contributed by atoms with Gasteiger partial charge in [-0.2, -0.15) is 13.7 Å². The molecule has 130 valence electrons. The molecule has 0 spiro atoms. The highest BCUT2D eigenvalue weighted by Gasteiger charge is 2.20. The third kappa shape index (κ3) is 3.73. The van der Waals surface area contributed by atoms with E-state index in [9.17, 15) is 13.7 Å². The fourth-order valence-corrected chi connectivity index (χ4v) is 3.30. The van der Waals surface area contributed by atoms with Crippen molar-refractivity contribution in [3.63, 3.8) is 0 Å². The highest BCUT2D eigenvalue weighted by atomic mass is 32.2. The first-order valence-corrected chi connectivity index (χ1v) is 9.28. The Balaban J connectivity index is 2.00. The van der Waals surface area contributed by atoms with Crippen molar-refractivity contribution in [1.82, 2.24) is 4.98 Å². The van der Waals surface area contributed by atoms with E-state index >= 15 is 0 Å². The first kappa shape index (κ1) is 17.6. The molecule has 0 aliphatic rings. The number of aromatic nitrogens is 1. The minimum atomic E-state index is -4.06. The molecule has 26 heavy (non-hydrogen) atoms. The molecule has 0 amide bonds. The second-order valence-electron chi connectivity index (χ2n) is 5.90. The fraction of sp³-hybridized carbons (Fsp3) is 0.100. The van der Waals surface area contributed by atoms with Crippen molar-refractivity contribution in [2.45, 2.75) is 18.7 Å². The molecule has 0 atom stereocenters. The number of nitriles is 1. The summed E-state index contributed by atoms with van der Waals surface area (Å²) in [7, 11) is -4.06. The van der Waals surface area contributed by atoms with Crippen LogP contribution in [0.5, 0.6) is 5.75 Å². The van der Waals surface area contributed by atoms with E-state index in [1.165, 1.54) is 24.4 Å². The average Bonchev–Trinajstić information content (AvgIpc) is 2.62. The summed E-state index contributed by atoms with van der Waals surface area (Å²) in [5.74, 6) is -0.0915. The van der Waals surface area contributed by atoms with Crippen LogP contribution in [0.4, 0.5) is 0 Å². The first-order valence-electron chi connectivity index (χ1n) is 7.87. The van der Waals surface area contributed by atoms with Crippen LogP contribution >= 0.6 is 0 Å². The second-order valence-corrected chi connectivity index (χ2v) is 7.45. The van der Waals surface area contributed by atoms with Crippen LogP contribution in [0.25, 0.3) is 11.1 Å². The summed E-state index contributed by atoms with van der Waals surface area (Å²) in [6, 6.07) is 17.4. The SMILES string of the molecule is Cc1ccc(-c2cnc(C#N)c(OS(=O)(=O)c3ccc(C)cc3)c2)cc1. The Morgan fingerprint density at radius 3 is 2.08 bits per heavy atom. The molecule has 0 fully saturated rings. The standard InChI is InChI=1S/C20H16N2O3S/c1-14-3-7-16(8-4-14)17-11-20(19(12-21)22-13-17)25-26(23,24)18-9-5-15(2)6-10-18/h3-11,13H,1-2H3. The number of nitrogens with zero attached hydrogens (tertiary/aromatic N) is 2. The Bertz CT molecular complexity index is 1080. The van der Waals surface area contributed by atoms with Crippen molar-refractivity contribution in [1.29, 1.82) is 5.26 Å². The summed E-state index contributed by atoms with van der Waals surface area (Å²) in [5.41, 5.74) is 3.47. The molecular weight excluding hydrogens is 348 g/mol. The Hall–Kier alpha value is -3.17. The maximum Gasteiger partial charge on any atom is 0.339 e. The first-order chi connectivity index (χ1) is 12.4. The van der Waals surface area contributed by atoms with Gasteiger partial charge in [0.15, 0.2) is 11.4 Å². The lowest BCUT2D eigenvalue weighted by Crippen LogP contribution is -2.11. The number of hydrogen-bond donors (Lipinski definition) is 0. The van der Waals surface area contributed by atoms with E-state index in [1.807, 2.05) is 44.2 Å². The minimum Gasteiger partial charge on any atom is -0.376 e. The molecule has 1 heterocycles. The van der Waals surface area contributed by atoms with Gasteiger partial charge in [0.1, 0.15) is 11.0 Å². The van der Waals surface area contributed by atoms with Gasteiger partial charge in [-0.25, -0.2) is 4.98 Å². The van der Waals surface area contributed by atoms with Crippen LogP contribution in [0.2, 0.25) is 0 Å². The molecule has 0 bridgehead atoms. The van der Waals surface area contributed by atoms with E-state index in [1.54, 1.807) is 12.1 Å². The van der Waals surface area contributed by atoms with Crippen LogP contribution < -0.4 is 4.18 Å². The summed E-state index contributed by atoms with van der Waals surface area (Å²) in [6.07, 6.45) is 1.52. The third-order valence-corrected chi connectivity index (χ3v) is 5.10. The van der Waals surface area contributed by atoms with Crippen molar-refractivity contribution in [3.05, 3.63) is 77.6 Å². The molecule has 0 aliphatic heterocycles. The summed E-state index contributed by atoms with van der Waals surface area (Å²) >= 11 is 0. The minimum absolute atomic E-state index is 0.0210. The predicted molar refractivity (Wildman–Crippen MR) is 98.1 cm³/mol. The maximum atomic E-state index is 12.5. The smallest absolute Gasteiger partial charge is 0.339 e. The number of hydrogen-bond acceptors (Lipinski definition) is 5. The molecular formula is C20H16N2O3S. The molecule has 5 nitrogen and oxygen atoms in total. The maximum absolute atomic E-state index is 12.5. The largest absolute Gasteiger partial charge is 0.376 e. The number of pyridine rings is 1. The molecule has 0 saturated carbocycles. The fourth-order valence-electron chi connectivity index (χ4n) is 2.37. The summed E-state index contributed by atoms with van der Waals surface area (Å²) in [6.45, 7) is 3.84. The molecule has 0 unspecified atom stereocenters. The Morgan fingerprint density at radius 2 is 1.50 bits per heavy atom. The van der Waals surface area contributed by atoms with Crippen molar-refractivity contribution < 1.29 is 12.6 Å². The van der Waals surface area contributed by atoms with E-state index in [2.05, 4.69) is 4.98 Å². The molecule has 2 aromatic carbocycles. The van der Waals surface area contributed by atoms with Gasteiger partial charge in [-0.3, -0.25) is 0 Å². The van der Waals surface area contributed by atoms with Crippen LogP contribution in [0, 0.1) is 25.2 Å². The van der Waals surface area contributed by atoms with E-state index in [0.717, 1.165) is 16.7 Å². The zero-order valence-corrected chi connectivity index (χ0v) is 15.1. The van der Waals surface area contributed by atoms with E-state index in [0.29, 0.717) is 5.56 Å². The lowest BCUT2D eigenvalue weighted by Gasteiger charge is -2.10. The van der Waals surface area contributed by atoms with Crippen LogP contribution in [-0.2, 0) is 10.1 Å². The quantitative estimate of drug-likeness (QED) is 0.654. The Kier molecular flexibility index (Phi) is 4.74. The van der Waals surface area contributed by atoms with Crippen molar-refractivity contribution in [2.75, 3.05) is 0 Å². The monoisotopic (exact) mass is 364 g/mol. The normalized spacial score (nSPS) is 11.0. The topological polar surface area (TPSA) is 80.0 Å². The predicted octanol–water partition coefficient (Wildman–Crippen LogP) is 4.00. The number of benzene rings is 2. The lowest BCUT2D eigenvalue weighted by atomic mass is 10.1. The van der Waals surface area contributed by atoms with Crippen LogP contribution in [-0.4, -0.2) is 13.4 Å². The zero-order chi connectivity index (χ0) is 18.7. The van der Waals surface area contributed by atoms with Gasteiger partial charge < -0.3 is 4.18 Å². The third-order valence-electron chi connectivity index (χ3n) is 3.85. The average molecular weight is 364 g/mol. The highest BCUT2D eigenvalue weighted by molar-refractivity contribution is 7.87.